The van der Waals surface area contributed by atoms with Crippen molar-refractivity contribution in [2.75, 3.05) is 7.11 Å². The molecule has 312 valence electrons. The first-order chi connectivity index (χ1) is 27.9. The number of aryl methyl sites for hydroxylation is 2. The second kappa shape index (κ2) is 28.1. The fourth-order valence-corrected chi connectivity index (χ4v) is 25.3. The maximum Gasteiger partial charge on any atom is 0.335 e. The molecule has 4 aromatic heterocycles. The molecule has 6 aromatic rings. The van der Waals surface area contributed by atoms with Gasteiger partial charge in [-0.3, -0.25) is 9.97 Å². The first kappa shape index (κ1) is 51.6. The Labute approximate surface area is 378 Å². The summed E-state index contributed by atoms with van der Waals surface area (Å²) in [6, 6.07) is 11.7. The molecule has 0 saturated heterocycles. The number of methoxy groups -OCH3 is 1. The molecule has 0 aliphatic carbocycles. The molecule has 4 heterocycles. The average Bonchev–Trinajstić information content (AvgIpc) is 3.91. The van der Waals surface area contributed by atoms with Crippen LogP contribution in [0.2, 0.25) is 23.4 Å². The predicted molar refractivity (Wildman–Crippen MR) is 248 cm³/mol. The number of hydrogen-bond donors (Lipinski definition) is 0. The minimum Gasteiger partial charge on any atom is -0.473 e. The Hall–Kier alpha value is -2.51. The molecular formula is C40H47BrCl2N4O6S4Sn. The van der Waals surface area contributed by atoms with Gasteiger partial charge in [-0.05, 0) is 61.4 Å². The van der Waals surface area contributed by atoms with Gasteiger partial charge < -0.3 is 4.74 Å². The Morgan fingerprint density at radius 3 is 1.71 bits per heavy atom. The van der Waals surface area contributed by atoms with Crippen LogP contribution in [0.15, 0.2) is 64.0 Å². The van der Waals surface area contributed by atoms with Crippen LogP contribution < -0.4 is 8.45 Å². The summed E-state index contributed by atoms with van der Waals surface area (Å²) in [5, 5.41) is 8.99. The molecule has 0 spiro atoms. The van der Waals surface area contributed by atoms with Gasteiger partial charge in [0, 0.05) is 38.6 Å². The molecule has 0 atom stereocenters. The van der Waals surface area contributed by atoms with Gasteiger partial charge in [-0.2, -0.15) is 16.8 Å². The first-order valence-electron chi connectivity index (χ1n) is 18.4. The zero-order chi connectivity index (χ0) is 43.1. The molecule has 18 heteroatoms. The van der Waals surface area contributed by atoms with Crippen molar-refractivity contribution >= 4 is 135 Å². The molecule has 2 aromatic carbocycles. The summed E-state index contributed by atoms with van der Waals surface area (Å²) >= 11 is 14.8. The molecule has 6 rings (SSSR count). The largest absolute Gasteiger partial charge is 0.473 e. The summed E-state index contributed by atoms with van der Waals surface area (Å²) in [6.07, 6.45) is 12.2. The maximum atomic E-state index is 11.0. The molecule has 58 heavy (non-hydrogen) atoms. The van der Waals surface area contributed by atoms with Crippen LogP contribution in [0.4, 0.5) is 0 Å². The van der Waals surface area contributed by atoms with Gasteiger partial charge in [-0.25, -0.2) is 4.98 Å². The molecule has 0 bridgehead atoms. The molecule has 0 N–H and O–H groups in total. The number of ether oxygens (including phenoxy) is 1. The van der Waals surface area contributed by atoms with E-state index in [1.807, 2.05) is 43.5 Å². The number of unbranched alkanes of at least 4 members (excludes halogenated alkanes) is 3. The molecule has 0 amide bonds. The predicted octanol–water partition coefficient (Wildman–Crippen LogP) is 12.0. The van der Waals surface area contributed by atoms with E-state index in [1.54, 1.807) is 43.0 Å². The maximum absolute atomic E-state index is 11.0. The minimum absolute atomic E-state index is 0.661. The van der Waals surface area contributed by atoms with Crippen LogP contribution in [0, 0.1) is 13.8 Å². The van der Waals surface area contributed by atoms with Gasteiger partial charge in [0.05, 0.1) is 33.9 Å². The summed E-state index contributed by atoms with van der Waals surface area (Å²) in [5.74, 6) is 0. The van der Waals surface area contributed by atoms with Crippen molar-refractivity contribution in [2.45, 2.75) is 86.5 Å². The van der Waals surface area contributed by atoms with E-state index >= 15 is 0 Å². The normalized spacial score (nSPS) is 10.4. The van der Waals surface area contributed by atoms with Crippen molar-refractivity contribution in [3.63, 3.8) is 0 Å². The van der Waals surface area contributed by atoms with Crippen LogP contribution in [0.5, 0.6) is 5.19 Å². The third-order valence-electron chi connectivity index (χ3n) is 9.13. The minimum atomic E-state index is -2.36. The van der Waals surface area contributed by atoms with Crippen molar-refractivity contribution in [3.05, 3.63) is 90.2 Å². The van der Waals surface area contributed by atoms with E-state index in [9.17, 15) is 4.79 Å². The molecule has 0 unspecified atom stereocenters. The number of hydrogen-bond acceptors (Lipinski definition) is 12. The van der Waals surface area contributed by atoms with E-state index in [4.69, 9.17) is 49.8 Å². The Morgan fingerprint density at radius 2 is 1.26 bits per heavy atom. The SMILES string of the molecule is CCC[CH2][Sn]([CH2]CCC)([CH2]CCC)[c]1csc(C=O)n1.COc1nc(-c2cc3nccc(Cl)c3cc2C)cs1.Cc1cc2c(Cl)ccnc2cc1Br.O=S=O.O=S=O. The van der Waals surface area contributed by atoms with E-state index in [2.05, 4.69) is 57.0 Å². The summed E-state index contributed by atoms with van der Waals surface area (Å²) in [6.45, 7) is 10.9. The van der Waals surface area contributed by atoms with Gasteiger partial charge in [0.25, 0.3) is 5.19 Å². The van der Waals surface area contributed by atoms with Gasteiger partial charge in [0.15, 0.2) is 0 Å². The number of nitrogens with zero attached hydrogens (tertiary/aromatic N) is 4. The molecule has 0 aliphatic rings. The number of carbonyl (C=O) groups excluding carboxylic acids is 1. The fraction of sp³-hybridized carbons (Fsp3) is 0.375. The van der Waals surface area contributed by atoms with Crippen LogP contribution in [-0.2, 0) is 23.1 Å². The molecular weight excluding hydrogens is 1030 g/mol. The van der Waals surface area contributed by atoms with Crippen LogP contribution in [-0.4, -0.2) is 68.5 Å². The molecule has 0 radical (unpaired) electrons. The Morgan fingerprint density at radius 1 is 0.759 bits per heavy atom. The molecule has 0 saturated carbocycles. The van der Waals surface area contributed by atoms with E-state index in [0.29, 0.717) is 10.2 Å². The fourth-order valence-electron chi connectivity index (χ4n) is 6.15. The number of rotatable bonds is 13. The summed E-state index contributed by atoms with van der Waals surface area (Å²) in [7, 11) is 1.62. The van der Waals surface area contributed by atoms with Crippen molar-refractivity contribution in [2.24, 2.45) is 0 Å². The van der Waals surface area contributed by atoms with Gasteiger partial charge in [0.1, 0.15) is 0 Å². The van der Waals surface area contributed by atoms with Crippen molar-refractivity contribution in [3.8, 4) is 16.5 Å². The standard InChI is InChI=1S/C14H11ClN2OS.C10H7BrClN.C4H2NOS.3C4H9.2O2S.Sn/c1-8-5-10-11(15)3-4-16-12(10)6-9(8)13-7-19-14(17-13)18-2;1-6-4-7-9(12)2-3-13-10(7)5-8(6)11;6-3-4-5-1-2-7-4;3*1-3-4-2;2*1-3-2;/h3-7H,1-2H3;2-5H,1H3;2-3H;3*1,3-4H2,2H3;;;. The van der Waals surface area contributed by atoms with Crippen LogP contribution in [0.3, 0.4) is 0 Å². The smallest absolute Gasteiger partial charge is 0.335 e. The van der Waals surface area contributed by atoms with Crippen molar-refractivity contribution < 1.29 is 26.4 Å². The average molecular weight is 1080 g/mol. The van der Waals surface area contributed by atoms with Gasteiger partial charge in [-0.15, -0.1) is 0 Å². The van der Waals surface area contributed by atoms with Crippen LogP contribution in [0.25, 0.3) is 33.1 Å². The number of fused-ring (bicyclic) bond motifs is 2. The number of pyridine rings is 2. The summed E-state index contributed by atoms with van der Waals surface area (Å²) < 4.78 is 45.0. The number of aromatic nitrogens is 4. The second-order valence-electron chi connectivity index (χ2n) is 13.0. The molecule has 0 fully saturated rings. The van der Waals surface area contributed by atoms with E-state index in [-0.39, 0.29) is 0 Å². The topological polar surface area (TPSA) is 146 Å². The molecule has 0 aliphatic heterocycles. The first-order valence-corrected chi connectivity index (χ1v) is 30.5. The monoisotopic (exact) mass is 1080 g/mol. The van der Waals surface area contributed by atoms with Crippen LogP contribution >= 0.6 is 61.8 Å². The quantitative estimate of drug-likeness (QED) is 0.0809. The van der Waals surface area contributed by atoms with Gasteiger partial charge >= 0.3 is 156 Å². The number of benzene rings is 2. The van der Waals surface area contributed by atoms with Crippen molar-refractivity contribution in [1.29, 1.82) is 0 Å². The van der Waals surface area contributed by atoms with Crippen LogP contribution in [0.1, 0.15) is 80.2 Å². The Balaban J connectivity index is 0.000000285. The Kier molecular flexibility index (Phi) is 25.0. The zero-order valence-corrected chi connectivity index (χ0v) is 42.4. The number of halogens is 3. The van der Waals surface area contributed by atoms with E-state index < -0.39 is 41.5 Å². The van der Waals surface area contributed by atoms with E-state index in [0.717, 1.165) is 59.4 Å². The third kappa shape index (κ3) is 15.8. The third-order valence-corrected chi connectivity index (χ3v) is 27.9. The summed E-state index contributed by atoms with van der Waals surface area (Å²) in [5.41, 5.74) is 6.05. The van der Waals surface area contributed by atoms with Gasteiger partial charge in [0.2, 0.25) is 0 Å². The number of aldehydes is 1. The second-order valence-corrected chi connectivity index (χ2v) is 29.7. The number of thiazole rings is 2. The summed E-state index contributed by atoms with van der Waals surface area (Å²) in [4.78, 5) is 28.7. The van der Waals surface area contributed by atoms with Gasteiger partial charge in [-0.1, -0.05) is 50.5 Å². The van der Waals surface area contributed by atoms with Crippen molar-refractivity contribution in [1.82, 2.24) is 19.9 Å². The zero-order valence-electron chi connectivity index (χ0n) is 33.2. The van der Waals surface area contributed by atoms with E-state index in [1.165, 1.54) is 72.4 Å². The molecule has 10 nitrogen and oxygen atoms in total. The number of carbonyl (C=O) groups is 1. The Bertz CT molecular complexity index is 2250.